The van der Waals surface area contributed by atoms with E-state index in [1.165, 1.54) is 12.1 Å². The van der Waals surface area contributed by atoms with E-state index >= 15 is 0 Å². The van der Waals surface area contributed by atoms with Crippen LogP contribution in [0.15, 0.2) is 24.3 Å². The Morgan fingerprint density at radius 2 is 1.62 bits per heavy atom. The van der Waals surface area contributed by atoms with Gasteiger partial charge in [0.2, 0.25) is 0 Å². The van der Waals surface area contributed by atoms with Gasteiger partial charge in [-0.05, 0) is 37.5 Å². The molecule has 0 aliphatic rings. The summed E-state index contributed by atoms with van der Waals surface area (Å²) in [5.74, 6) is 0.440. The number of nitrogens with one attached hydrogen (secondary N) is 2. The topological polar surface area (TPSA) is 50.4 Å². The Morgan fingerprint density at radius 1 is 1.05 bits per heavy atom. The summed E-state index contributed by atoms with van der Waals surface area (Å²) in [5, 5.41) is 5.65. The maximum absolute atomic E-state index is 12.1. The lowest BCUT2D eigenvalue weighted by molar-refractivity contribution is -0.0498. The van der Waals surface area contributed by atoms with Crippen molar-refractivity contribution in [3.05, 3.63) is 29.8 Å². The van der Waals surface area contributed by atoms with E-state index in [2.05, 4.69) is 15.4 Å². The van der Waals surface area contributed by atoms with Crippen LogP contribution in [-0.4, -0.2) is 18.7 Å². The van der Waals surface area contributed by atoms with Crippen LogP contribution in [-0.2, 0) is 0 Å². The zero-order valence-corrected chi connectivity index (χ0v) is 12.7. The molecule has 2 amide bonds. The fraction of sp³-hybridized carbons (Fsp3) is 0.533. The minimum Gasteiger partial charge on any atom is -0.435 e. The second kappa shape index (κ2) is 7.81. The molecule has 0 saturated heterocycles. The van der Waals surface area contributed by atoms with Crippen molar-refractivity contribution in [2.45, 2.75) is 46.4 Å². The number of ether oxygens (including phenoxy) is 1. The van der Waals surface area contributed by atoms with Gasteiger partial charge in [-0.15, -0.1) is 0 Å². The largest absolute Gasteiger partial charge is 0.435 e. The van der Waals surface area contributed by atoms with Gasteiger partial charge in [-0.25, -0.2) is 4.79 Å². The fourth-order valence-electron chi connectivity index (χ4n) is 1.63. The van der Waals surface area contributed by atoms with Crippen LogP contribution in [0.5, 0.6) is 5.75 Å². The van der Waals surface area contributed by atoms with Crippen molar-refractivity contribution >= 4 is 6.03 Å². The average molecular weight is 300 g/mol. The highest BCUT2D eigenvalue weighted by Gasteiger charge is 2.14. The summed E-state index contributed by atoms with van der Waals surface area (Å²) in [7, 11) is 0. The molecule has 118 valence electrons. The van der Waals surface area contributed by atoms with E-state index in [0.29, 0.717) is 5.92 Å². The van der Waals surface area contributed by atoms with Crippen molar-refractivity contribution in [1.82, 2.24) is 10.6 Å². The zero-order chi connectivity index (χ0) is 16.0. The first-order valence-electron chi connectivity index (χ1n) is 6.91. The Labute approximate surface area is 123 Å². The number of benzene rings is 1. The highest BCUT2D eigenvalue weighted by atomic mass is 19.3. The molecular weight excluding hydrogens is 278 g/mol. The third-order valence-electron chi connectivity index (χ3n) is 3.31. The Morgan fingerprint density at radius 3 is 2.10 bits per heavy atom. The van der Waals surface area contributed by atoms with Gasteiger partial charge in [0, 0.05) is 6.04 Å². The summed E-state index contributed by atoms with van der Waals surface area (Å²) in [4.78, 5) is 11.8. The molecule has 0 radical (unpaired) electrons. The standard InChI is InChI=1S/C15H22F2N2O2/c1-9(2)10(3)18-15(20)19-11(4)12-5-7-13(8-6-12)21-14(16)17/h5-11,14H,1-4H3,(H2,18,19,20). The SMILES string of the molecule is CC(NC(=O)NC(C)C(C)C)c1ccc(OC(F)F)cc1. The second-order valence-electron chi connectivity index (χ2n) is 5.32. The van der Waals surface area contributed by atoms with Gasteiger partial charge in [-0.3, -0.25) is 0 Å². The summed E-state index contributed by atoms with van der Waals surface area (Å²) in [5.41, 5.74) is 0.809. The quantitative estimate of drug-likeness (QED) is 0.841. The molecule has 2 atom stereocenters. The Hall–Kier alpha value is -1.85. The number of carbonyl (C=O) groups excluding carboxylic acids is 1. The van der Waals surface area contributed by atoms with Crippen LogP contribution in [0.25, 0.3) is 0 Å². The van der Waals surface area contributed by atoms with Gasteiger partial charge in [0.15, 0.2) is 0 Å². The number of hydrogen-bond acceptors (Lipinski definition) is 2. The summed E-state index contributed by atoms with van der Waals surface area (Å²) >= 11 is 0. The monoisotopic (exact) mass is 300 g/mol. The van der Waals surface area contributed by atoms with Crippen molar-refractivity contribution in [2.24, 2.45) is 5.92 Å². The molecule has 6 heteroatoms. The molecule has 0 saturated carbocycles. The first-order chi connectivity index (χ1) is 9.79. The smallest absolute Gasteiger partial charge is 0.387 e. The molecule has 1 aromatic carbocycles. The number of alkyl halides is 2. The second-order valence-corrected chi connectivity index (χ2v) is 5.32. The lowest BCUT2D eigenvalue weighted by Crippen LogP contribution is -2.43. The van der Waals surface area contributed by atoms with E-state index in [0.717, 1.165) is 5.56 Å². The van der Waals surface area contributed by atoms with E-state index in [9.17, 15) is 13.6 Å². The maximum Gasteiger partial charge on any atom is 0.387 e. The number of carbonyl (C=O) groups is 1. The molecule has 0 spiro atoms. The molecule has 0 aliphatic heterocycles. The van der Waals surface area contributed by atoms with E-state index in [-0.39, 0.29) is 23.9 Å². The van der Waals surface area contributed by atoms with Crippen LogP contribution < -0.4 is 15.4 Å². The lowest BCUT2D eigenvalue weighted by Gasteiger charge is -2.20. The van der Waals surface area contributed by atoms with Crippen molar-refractivity contribution < 1.29 is 18.3 Å². The molecule has 0 aromatic heterocycles. The Balaban J connectivity index is 2.55. The summed E-state index contributed by atoms with van der Waals surface area (Å²) < 4.78 is 28.4. The van der Waals surface area contributed by atoms with E-state index < -0.39 is 6.61 Å². The predicted octanol–water partition coefficient (Wildman–Crippen LogP) is 3.69. The molecule has 1 aromatic rings. The minimum absolute atomic E-state index is 0.0685. The normalized spacial score (nSPS) is 13.9. The van der Waals surface area contributed by atoms with Crippen LogP contribution in [0.1, 0.15) is 39.3 Å². The van der Waals surface area contributed by atoms with E-state index in [1.54, 1.807) is 12.1 Å². The molecule has 0 aliphatic carbocycles. The summed E-state index contributed by atoms with van der Waals surface area (Å²) in [6.45, 7) is 4.97. The first-order valence-corrected chi connectivity index (χ1v) is 6.91. The average Bonchev–Trinajstić information content (AvgIpc) is 2.38. The van der Waals surface area contributed by atoms with Gasteiger partial charge >= 0.3 is 12.6 Å². The maximum atomic E-state index is 12.1. The Kier molecular flexibility index (Phi) is 6.39. The number of rotatable bonds is 6. The molecule has 4 nitrogen and oxygen atoms in total. The molecule has 0 heterocycles. The van der Waals surface area contributed by atoms with Gasteiger partial charge in [0.25, 0.3) is 0 Å². The van der Waals surface area contributed by atoms with Crippen molar-refractivity contribution in [3.63, 3.8) is 0 Å². The molecule has 1 rings (SSSR count). The van der Waals surface area contributed by atoms with Gasteiger partial charge in [0.1, 0.15) is 5.75 Å². The number of amides is 2. The summed E-state index contributed by atoms with van der Waals surface area (Å²) in [6, 6.07) is 5.78. The molecular formula is C15H22F2N2O2. The van der Waals surface area contributed by atoms with E-state index in [1.807, 2.05) is 27.7 Å². The molecule has 2 N–H and O–H groups in total. The number of hydrogen-bond donors (Lipinski definition) is 2. The minimum atomic E-state index is -2.84. The number of halogens is 2. The fourth-order valence-corrected chi connectivity index (χ4v) is 1.63. The molecule has 0 bridgehead atoms. The van der Waals surface area contributed by atoms with Crippen LogP contribution in [0.2, 0.25) is 0 Å². The summed E-state index contributed by atoms with van der Waals surface area (Å²) in [6.07, 6.45) is 0. The predicted molar refractivity (Wildman–Crippen MR) is 77.5 cm³/mol. The van der Waals surface area contributed by atoms with Crippen molar-refractivity contribution in [3.8, 4) is 5.75 Å². The van der Waals surface area contributed by atoms with Crippen LogP contribution in [0, 0.1) is 5.92 Å². The third-order valence-corrected chi connectivity index (χ3v) is 3.31. The zero-order valence-electron chi connectivity index (χ0n) is 12.7. The molecule has 21 heavy (non-hydrogen) atoms. The lowest BCUT2D eigenvalue weighted by atomic mass is 10.1. The van der Waals surface area contributed by atoms with Gasteiger partial charge in [-0.1, -0.05) is 26.0 Å². The van der Waals surface area contributed by atoms with Crippen LogP contribution in [0.4, 0.5) is 13.6 Å². The van der Waals surface area contributed by atoms with Crippen molar-refractivity contribution in [2.75, 3.05) is 0 Å². The van der Waals surface area contributed by atoms with E-state index in [4.69, 9.17) is 0 Å². The van der Waals surface area contributed by atoms with Gasteiger partial charge < -0.3 is 15.4 Å². The third kappa shape index (κ3) is 5.97. The number of urea groups is 1. The molecule has 0 fully saturated rings. The van der Waals surface area contributed by atoms with Gasteiger partial charge in [0.05, 0.1) is 6.04 Å². The molecule has 2 unspecified atom stereocenters. The van der Waals surface area contributed by atoms with Gasteiger partial charge in [-0.2, -0.15) is 8.78 Å². The van der Waals surface area contributed by atoms with Crippen molar-refractivity contribution in [1.29, 1.82) is 0 Å². The highest BCUT2D eigenvalue weighted by molar-refractivity contribution is 5.74. The first kappa shape index (κ1) is 17.2. The van der Waals surface area contributed by atoms with Crippen LogP contribution in [0.3, 0.4) is 0 Å². The highest BCUT2D eigenvalue weighted by Crippen LogP contribution is 2.19. The van der Waals surface area contributed by atoms with Crippen LogP contribution >= 0.6 is 0 Å². The Bertz CT molecular complexity index is 449.